The van der Waals surface area contributed by atoms with E-state index in [0.29, 0.717) is 11.1 Å². The first-order chi connectivity index (χ1) is 11.5. The third kappa shape index (κ3) is 4.69. The number of oxime groups is 1. The lowest BCUT2D eigenvalue weighted by Crippen LogP contribution is -2.39. The van der Waals surface area contributed by atoms with Crippen molar-refractivity contribution in [2.45, 2.75) is 25.9 Å². The summed E-state index contributed by atoms with van der Waals surface area (Å²) in [6, 6.07) is 6.59. The van der Waals surface area contributed by atoms with Crippen molar-refractivity contribution in [1.82, 2.24) is 4.90 Å². The van der Waals surface area contributed by atoms with Gasteiger partial charge in [0.1, 0.15) is 12.7 Å². The Morgan fingerprint density at radius 2 is 2.17 bits per heavy atom. The fraction of sp³-hybridized carbons (Fsp3) is 0.529. The topological polar surface area (TPSA) is 108 Å². The van der Waals surface area contributed by atoms with Crippen LogP contribution in [0.25, 0.3) is 0 Å². The molecule has 2 atom stereocenters. The average molecular weight is 335 g/mol. The normalized spacial score (nSPS) is 20.6. The van der Waals surface area contributed by atoms with Crippen molar-refractivity contribution in [1.29, 1.82) is 0 Å². The molecule has 1 unspecified atom stereocenters. The van der Waals surface area contributed by atoms with Crippen LogP contribution in [0.2, 0.25) is 0 Å². The summed E-state index contributed by atoms with van der Waals surface area (Å²) in [6.07, 6.45) is 0.923. The monoisotopic (exact) mass is 335 g/mol. The van der Waals surface area contributed by atoms with Crippen LogP contribution in [0.1, 0.15) is 37.0 Å². The number of esters is 1. The Bertz CT molecular complexity index is 574. The number of likely N-dealkylation sites (tertiary alicyclic amines) is 1. The standard InChI is InChI=1S/C17H25N3O4/c1-2-20-9-3-4-14(10-20)17(22)24-11-15(21)12-5-7-13(8-6-12)16(18)19-23/h5-8,14-15,21,23H,2-4,9-11H2,1H3,(H2,18,19)/t14-,15?/m0/s1. The summed E-state index contributed by atoms with van der Waals surface area (Å²) in [5, 5.41) is 21.7. The highest BCUT2D eigenvalue weighted by molar-refractivity contribution is 5.96. The van der Waals surface area contributed by atoms with Crippen molar-refractivity contribution in [3.63, 3.8) is 0 Å². The molecule has 1 heterocycles. The fourth-order valence-corrected chi connectivity index (χ4v) is 2.84. The number of aliphatic hydroxyl groups is 1. The third-order valence-electron chi connectivity index (χ3n) is 4.37. The Morgan fingerprint density at radius 1 is 1.46 bits per heavy atom. The van der Waals surface area contributed by atoms with Crippen LogP contribution >= 0.6 is 0 Å². The lowest BCUT2D eigenvalue weighted by molar-refractivity contribution is -0.153. The molecule has 0 aliphatic carbocycles. The molecule has 24 heavy (non-hydrogen) atoms. The largest absolute Gasteiger partial charge is 0.462 e. The molecule has 1 fully saturated rings. The van der Waals surface area contributed by atoms with Gasteiger partial charge in [-0.3, -0.25) is 4.79 Å². The first-order valence-corrected chi connectivity index (χ1v) is 8.20. The van der Waals surface area contributed by atoms with Crippen LogP contribution in [-0.2, 0) is 9.53 Å². The van der Waals surface area contributed by atoms with E-state index in [9.17, 15) is 9.90 Å². The van der Waals surface area contributed by atoms with Crippen LogP contribution in [0.15, 0.2) is 29.4 Å². The Hall–Kier alpha value is -2.12. The zero-order valence-corrected chi connectivity index (χ0v) is 13.9. The molecule has 0 amide bonds. The number of nitrogens with zero attached hydrogens (tertiary/aromatic N) is 2. The van der Waals surface area contributed by atoms with Crippen LogP contribution in [-0.4, -0.2) is 53.3 Å². The first-order valence-electron chi connectivity index (χ1n) is 8.20. The second-order valence-electron chi connectivity index (χ2n) is 5.99. The van der Waals surface area contributed by atoms with Crippen LogP contribution < -0.4 is 5.73 Å². The van der Waals surface area contributed by atoms with Gasteiger partial charge in [0.2, 0.25) is 0 Å². The molecule has 2 rings (SSSR count). The van der Waals surface area contributed by atoms with Gasteiger partial charge < -0.3 is 25.7 Å². The molecular formula is C17H25N3O4. The molecule has 0 radical (unpaired) electrons. The number of hydrogen-bond acceptors (Lipinski definition) is 6. The number of ether oxygens (including phenoxy) is 1. The molecule has 1 saturated heterocycles. The van der Waals surface area contributed by atoms with Crippen molar-refractivity contribution < 1.29 is 19.8 Å². The summed E-state index contributed by atoms with van der Waals surface area (Å²) in [6.45, 7) is 4.67. The van der Waals surface area contributed by atoms with E-state index in [1.54, 1.807) is 24.3 Å². The molecule has 1 aromatic carbocycles. The lowest BCUT2D eigenvalue weighted by atomic mass is 9.98. The van der Waals surface area contributed by atoms with Gasteiger partial charge in [0.15, 0.2) is 5.84 Å². The number of rotatable bonds is 6. The minimum Gasteiger partial charge on any atom is -0.462 e. The molecule has 0 aromatic heterocycles. The summed E-state index contributed by atoms with van der Waals surface area (Å²) >= 11 is 0. The number of aliphatic hydroxyl groups excluding tert-OH is 1. The molecule has 7 heteroatoms. The average Bonchev–Trinajstić information content (AvgIpc) is 2.65. The van der Waals surface area contributed by atoms with E-state index in [2.05, 4.69) is 17.0 Å². The number of piperidine rings is 1. The van der Waals surface area contributed by atoms with E-state index in [4.69, 9.17) is 15.7 Å². The minimum absolute atomic E-state index is 0.000226. The molecule has 0 spiro atoms. The van der Waals surface area contributed by atoms with Crippen molar-refractivity contribution >= 4 is 11.8 Å². The molecule has 0 bridgehead atoms. The summed E-state index contributed by atoms with van der Waals surface area (Å²) in [7, 11) is 0. The van der Waals surface area contributed by atoms with Crippen molar-refractivity contribution in [2.24, 2.45) is 16.8 Å². The highest BCUT2D eigenvalue weighted by Crippen LogP contribution is 2.19. The van der Waals surface area contributed by atoms with Crippen LogP contribution in [0.3, 0.4) is 0 Å². The smallest absolute Gasteiger partial charge is 0.310 e. The van der Waals surface area contributed by atoms with Gasteiger partial charge in [0.25, 0.3) is 0 Å². The van der Waals surface area contributed by atoms with E-state index in [1.807, 2.05) is 0 Å². The zero-order chi connectivity index (χ0) is 17.5. The lowest BCUT2D eigenvalue weighted by Gasteiger charge is -2.30. The summed E-state index contributed by atoms with van der Waals surface area (Å²) in [5.74, 6) is -0.366. The maximum atomic E-state index is 12.2. The quantitative estimate of drug-likeness (QED) is 0.236. The second-order valence-corrected chi connectivity index (χ2v) is 5.99. The number of amidine groups is 1. The van der Waals surface area contributed by atoms with Gasteiger partial charge >= 0.3 is 5.97 Å². The van der Waals surface area contributed by atoms with Crippen molar-refractivity contribution in [3.05, 3.63) is 35.4 Å². The number of carbonyl (C=O) groups is 1. The van der Waals surface area contributed by atoms with Crippen molar-refractivity contribution in [2.75, 3.05) is 26.2 Å². The van der Waals surface area contributed by atoms with Crippen LogP contribution in [0.4, 0.5) is 0 Å². The van der Waals surface area contributed by atoms with Gasteiger partial charge in [0.05, 0.1) is 5.92 Å². The number of carbonyl (C=O) groups excluding carboxylic acids is 1. The third-order valence-corrected chi connectivity index (χ3v) is 4.37. The molecular weight excluding hydrogens is 310 g/mol. The molecule has 132 valence electrons. The predicted molar refractivity (Wildman–Crippen MR) is 89.7 cm³/mol. The number of nitrogens with two attached hydrogens (primary N) is 1. The van der Waals surface area contributed by atoms with Crippen LogP contribution in [0.5, 0.6) is 0 Å². The highest BCUT2D eigenvalue weighted by atomic mass is 16.5. The SMILES string of the molecule is CCN1CCC[C@H](C(=O)OCC(O)c2ccc(C(N)=NO)cc2)C1. The molecule has 7 nitrogen and oxygen atoms in total. The van der Waals surface area contributed by atoms with E-state index < -0.39 is 6.10 Å². The van der Waals surface area contributed by atoms with Gasteiger partial charge in [-0.25, -0.2) is 0 Å². The maximum Gasteiger partial charge on any atom is 0.310 e. The number of hydrogen-bond donors (Lipinski definition) is 3. The highest BCUT2D eigenvalue weighted by Gasteiger charge is 2.26. The van der Waals surface area contributed by atoms with Gasteiger partial charge in [0, 0.05) is 12.1 Å². The number of benzene rings is 1. The molecule has 0 saturated carbocycles. The van der Waals surface area contributed by atoms with Gasteiger partial charge in [-0.1, -0.05) is 36.3 Å². The second kappa shape index (κ2) is 8.65. The maximum absolute atomic E-state index is 12.2. The predicted octanol–water partition coefficient (Wildman–Crippen LogP) is 1.09. The Morgan fingerprint density at radius 3 is 2.79 bits per heavy atom. The van der Waals surface area contributed by atoms with Gasteiger partial charge in [-0.05, 0) is 31.5 Å². The first kappa shape index (κ1) is 18.2. The molecule has 1 aromatic rings. The zero-order valence-electron chi connectivity index (χ0n) is 13.9. The van der Waals surface area contributed by atoms with E-state index in [0.717, 1.165) is 32.5 Å². The summed E-state index contributed by atoms with van der Waals surface area (Å²) in [5.41, 5.74) is 6.64. The Kier molecular flexibility index (Phi) is 6.57. The molecule has 1 aliphatic rings. The van der Waals surface area contributed by atoms with Gasteiger partial charge in [-0.2, -0.15) is 0 Å². The summed E-state index contributed by atoms with van der Waals surface area (Å²) in [4.78, 5) is 14.4. The van der Waals surface area contributed by atoms with Crippen molar-refractivity contribution in [3.8, 4) is 0 Å². The fourth-order valence-electron chi connectivity index (χ4n) is 2.84. The Balaban J connectivity index is 1.86. The minimum atomic E-state index is -0.902. The summed E-state index contributed by atoms with van der Waals surface area (Å²) < 4.78 is 5.29. The molecule has 1 aliphatic heterocycles. The van der Waals surface area contributed by atoms with E-state index in [-0.39, 0.29) is 24.3 Å². The molecule has 4 N–H and O–H groups in total. The van der Waals surface area contributed by atoms with E-state index >= 15 is 0 Å². The van der Waals surface area contributed by atoms with Crippen LogP contribution in [0, 0.1) is 5.92 Å². The van der Waals surface area contributed by atoms with Gasteiger partial charge in [-0.15, -0.1) is 0 Å². The Labute approximate surface area is 141 Å². The van der Waals surface area contributed by atoms with E-state index in [1.165, 1.54) is 0 Å².